The molecular formula is C6H10N2O. The second-order valence-corrected chi connectivity index (χ2v) is 2.51. The van der Waals surface area contributed by atoms with Crippen molar-refractivity contribution in [3.05, 3.63) is 0 Å². The van der Waals surface area contributed by atoms with Crippen LogP contribution in [0.3, 0.4) is 0 Å². The molecule has 1 atom stereocenters. The van der Waals surface area contributed by atoms with Crippen LogP contribution in [-0.4, -0.2) is 30.6 Å². The van der Waals surface area contributed by atoms with Crippen molar-refractivity contribution in [3.63, 3.8) is 0 Å². The third kappa shape index (κ3) is 0.763. The van der Waals surface area contributed by atoms with Crippen LogP contribution in [0.4, 0.5) is 0 Å². The van der Waals surface area contributed by atoms with Crippen molar-refractivity contribution in [2.45, 2.75) is 18.9 Å². The van der Waals surface area contributed by atoms with Gasteiger partial charge in [0.05, 0.1) is 6.04 Å². The van der Waals surface area contributed by atoms with Gasteiger partial charge in [0.1, 0.15) is 6.61 Å². The summed E-state index contributed by atoms with van der Waals surface area (Å²) in [5.41, 5.74) is 0. The fraction of sp³-hybridized carbons (Fsp3) is 0.833. The minimum atomic E-state index is 0.579. The van der Waals surface area contributed by atoms with Crippen molar-refractivity contribution in [2.24, 2.45) is 5.10 Å². The van der Waals surface area contributed by atoms with Crippen LogP contribution in [0.25, 0.3) is 0 Å². The summed E-state index contributed by atoms with van der Waals surface area (Å²) in [6.07, 6.45) is 4.06. The van der Waals surface area contributed by atoms with Gasteiger partial charge in [-0.2, -0.15) is 0 Å². The van der Waals surface area contributed by atoms with Crippen molar-refractivity contribution in [2.75, 3.05) is 13.2 Å². The maximum atomic E-state index is 5.05. The van der Waals surface area contributed by atoms with Gasteiger partial charge in [-0.15, -0.1) is 5.10 Å². The van der Waals surface area contributed by atoms with Gasteiger partial charge in [-0.05, 0) is 12.8 Å². The fourth-order valence-electron chi connectivity index (χ4n) is 1.39. The van der Waals surface area contributed by atoms with E-state index in [1.807, 2.05) is 0 Å². The summed E-state index contributed by atoms with van der Waals surface area (Å²) < 4.78 is 5.05. The Labute approximate surface area is 54.3 Å². The van der Waals surface area contributed by atoms with E-state index in [0.717, 1.165) is 13.2 Å². The molecule has 1 saturated heterocycles. The highest BCUT2D eigenvalue weighted by atomic mass is 16.5. The molecule has 0 saturated carbocycles. The van der Waals surface area contributed by atoms with Crippen LogP contribution in [0, 0.1) is 0 Å². The molecule has 3 nitrogen and oxygen atoms in total. The first kappa shape index (κ1) is 5.09. The first-order chi connectivity index (χ1) is 4.47. The molecule has 0 radical (unpaired) electrons. The summed E-state index contributed by atoms with van der Waals surface area (Å²) in [6, 6.07) is 0.579. The van der Waals surface area contributed by atoms with E-state index in [-0.39, 0.29) is 0 Å². The molecule has 3 heteroatoms. The van der Waals surface area contributed by atoms with Crippen LogP contribution < -0.4 is 0 Å². The van der Waals surface area contributed by atoms with E-state index in [9.17, 15) is 0 Å². The van der Waals surface area contributed by atoms with Crippen molar-refractivity contribution in [1.82, 2.24) is 5.01 Å². The molecule has 1 fully saturated rings. The molecule has 1 unspecified atom stereocenters. The third-order valence-corrected chi connectivity index (χ3v) is 1.90. The molecule has 0 amide bonds. The zero-order chi connectivity index (χ0) is 6.10. The lowest BCUT2D eigenvalue weighted by molar-refractivity contribution is 0.141. The van der Waals surface area contributed by atoms with Crippen molar-refractivity contribution in [1.29, 1.82) is 0 Å². The van der Waals surface area contributed by atoms with Crippen molar-refractivity contribution < 1.29 is 4.74 Å². The van der Waals surface area contributed by atoms with E-state index in [1.54, 1.807) is 6.40 Å². The molecular weight excluding hydrogens is 116 g/mol. The maximum Gasteiger partial charge on any atom is 0.192 e. The van der Waals surface area contributed by atoms with Gasteiger partial charge in [-0.1, -0.05) is 0 Å². The second kappa shape index (κ2) is 1.90. The summed E-state index contributed by atoms with van der Waals surface area (Å²) >= 11 is 0. The molecule has 0 N–H and O–H groups in total. The standard InChI is InChI=1S/C6H10N2O/c1-2-6-4-9-5-7-8(6)3-1/h5-6H,1-4H2. The molecule has 0 aromatic carbocycles. The molecule has 2 aliphatic heterocycles. The summed E-state index contributed by atoms with van der Waals surface area (Å²) in [5, 5.41) is 6.19. The van der Waals surface area contributed by atoms with Gasteiger partial charge in [-0.3, -0.25) is 5.01 Å². The zero-order valence-corrected chi connectivity index (χ0v) is 5.29. The summed E-state index contributed by atoms with van der Waals surface area (Å²) in [4.78, 5) is 0. The van der Waals surface area contributed by atoms with Crippen LogP contribution in [0.1, 0.15) is 12.8 Å². The number of hydrazone groups is 1. The van der Waals surface area contributed by atoms with Gasteiger partial charge >= 0.3 is 0 Å². The summed E-state index contributed by atoms with van der Waals surface area (Å²) in [6.45, 7) is 1.95. The summed E-state index contributed by atoms with van der Waals surface area (Å²) in [7, 11) is 0. The molecule has 0 spiro atoms. The van der Waals surface area contributed by atoms with Gasteiger partial charge in [0.15, 0.2) is 6.40 Å². The number of nitrogens with zero attached hydrogens (tertiary/aromatic N) is 2. The van der Waals surface area contributed by atoms with E-state index in [4.69, 9.17) is 4.74 Å². The first-order valence-corrected chi connectivity index (χ1v) is 3.37. The normalized spacial score (nSPS) is 32.0. The Morgan fingerprint density at radius 3 is 3.56 bits per heavy atom. The van der Waals surface area contributed by atoms with E-state index >= 15 is 0 Å². The minimum absolute atomic E-state index is 0.579. The monoisotopic (exact) mass is 126 g/mol. The largest absolute Gasteiger partial charge is 0.480 e. The molecule has 2 aliphatic rings. The number of hydrogen-bond donors (Lipinski definition) is 0. The third-order valence-electron chi connectivity index (χ3n) is 1.90. The van der Waals surface area contributed by atoms with Crippen LogP contribution in [-0.2, 0) is 4.74 Å². The SMILES string of the molecule is C1=NN2CCCC2CO1. The van der Waals surface area contributed by atoms with E-state index in [2.05, 4.69) is 10.1 Å². The van der Waals surface area contributed by atoms with E-state index in [1.165, 1.54) is 12.8 Å². The Bertz CT molecular complexity index is 135. The Morgan fingerprint density at radius 1 is 1.67 bits per heavy atom. The Hall–Kier alpha value is -0.730. The Morgan fingerprint density at radius 2 is 2.67 bits per heavy atom. The van der Waals surface area contributed by atoms with Crippen LogP contribution >= 0.6 is 0 Å². The highest BCUT2D eigenvalue weighted by molar-refractivity contribution is 5.46. The van der Waals surface area contributed by atoms with Crippen LogP contribution in [0.2, 0.25) is 0 Å². The predicted octanol–water partition coefficient (Wildman–Crippen LogP) is 0.424. The zero-order valence-electron chi connectivity index (χ0n) is 5.29. The molecule has 0 aliphatic carbocycles. The average molecular weight is 126 g/mol. The highest BCUT2D eigenvalue weighted by Crippen LogP contribution is 2.18. The minimum Gasteiger partial charge on any atom is -0.480 e. The lowest BCUT2D eigenvalue weighted by Gasteiger charge is -2.23. The smallest absolute Gasteiger partial charge is 0.192 e. The second-order valence-electron chi connectivity index (χ2n) is 2.51. The topological polar surface area (TPSA) is 24.8 Å². The van der Waals surface area contributed by atoms with Gasteiger partial charge in [0.25, 0.3) is 0 Å². The molecule has 9 heavy (non-hydrogen) atoms. The van der Waals surface area contributed by atoms with Gasteiger partial charge in [-0.25, -0.2) is 0 Å². The Kier molecular flexibility index (Phi) is 1.07. The van der Waals surface area contributed by atoms with E-state index in [0.29, 0.717) is 6.04 Å². The number of rotatable bonds is 0. The van der Waals surface area contributed by atoms with Crippen LogP contribution in [0.15, 0.2) is 5.10 Å². The average Bonchev–Trinajstić information content (AvgIpc) is 2.33. The molecule has 2 heterocycles. The van der Waals surface area contributed by atoms with Crippen molar-refractivity contribution >= 4 is 6.40 Å². The molecule has 0 aromatic heterocycles. The maximum absolute atomic E-state index is 5.05. The first-order valence-electron chi connectivity index (χ1n) is 3.37. The Balaban J connectivity index is 2.10. The number of ether oxygens (including phenoxy) is 1. The van der Waals surface area contributed by atoms with Crippen LogP contribution in [0.5, 0.6) is 0 Å². The van der Waals surface area contributed by atoms with Crippen molar-refractivity contribution in [3.8, 4) is 0 Å². The fourth-order valence-corrected chi connectivity index (χ4v) is 1.39. The molecule has 50 valence electrons. The predicted molar refractivity (Wildman–Crippen MR) is 34.2 cm³/mol. The lowest BCUT2D eigenvalue weighted by atomic mass is 10.2. The molecule has 0 bridgehead atoms. The lowest BCUT2D eigenvalue weighted by Crippen LogP contribution is -2.32. The quantitative estimate of drug-likeness (QED) is 0.470. The number of fused-ring (bicyclic) bond motifs is 1. The van der Waals surface area contributed by atoms with E-state index < -0.39 is 0 Å². The van der Waals surface area contributed by atoms with Gasteiger partial charge in [0.2, 0.25) is 0 Å². The van der Waals surface area contributed by atoms with Gasteiger partial charge < -0.3 is 4.74 Å². The summed E-state index contributed by atoms with van der Waals surface area (Å²) in [5.74, 6) is 0. The number of hydrogen-bond acceptors (Lipinski definition) is 3. The highest BCUT2D eigenvalue weighted by Gasteiger charge is 2.25. The molecule has 0 aromatic rings. The molecule has 2 rings (SSSR count). The van der Waals surface area contributed by atoms with Gasteiger partial charge in [0, 0.05) is 6.54 Å².